The van der Waals surface area contributed by atoms with Gasteiger partial charge in [0.15, 0.2) is 0 Å². The number of hydrogen-bond acceptors (Lipinski definition) is 3. The van der Waals surface area contributed by atoms with Crippen LogP contribution in [0.2, 0.25) is 4.34 Å². The molecule has 1 aromatic rings. The van der Waals surface area contributed by atoms with Gasteiger partial charge in [0.25, 0.3) is 0 Å². The molecule has 0 spiro atoms. The number of aliphatic carboxylic acids is 1. The Morgan fingerprint density at radius 2 is 2.22 bits per heavy atom. The molecule has 18 heavy (non-hydrogen) atoms. The van der Waals surface area contributed by atoms with Crippen LogP contribution in [0.25, 0.3) is 6.08 Å². The zero-order valence-electron chi connectivity index (χ0n) is 9.93. The van der Waals surface area contributed by atoms with Crippen molar-refractivity contribution in [1.82, 2.24) is 4.90 Å². The van der Waals surface area contributed by atoms with Crippen molar-refractivity contribution in [2.45, 2.75) is 12.8 Å². The Balaban J connectivity index is 2.39. The molecular weight excluding hydrogens is 274 g/mol. The first kappa shape index (κ1) is 14.7. The van der Waals surface area contributed by atoms with Gasteiger partial charge in [0, 0.05) is 31.0 Å². The lowest BCUT2D eigenvalue weighted by Crippen LogP contribution is -2.26. The second-order valence-electron chi connectivity index (χ2n) is 3.73. The summed E-state index contributed by atoms with van der Waals surface area (Å²) in [5, 5.41) is 8.49. The Bertz CT molecular complexity index is 456. The summed E-state index contributed by atoms with van der Waals surface area (Å²) in [7, 11) is 1.65. The fourth-order valence-electron chi connectivity index (χ4n) is 1.28. The van der Waals surface area contributed by atoms with E-state index in [0.29, 0.717) is 17.3 Å². The first-order valence-corrected chi connectivity index (χ1v) is 6.59. The van der Waals surface area contributed by atoms with Gasteiger partial charge in [-0.25, -0.2) is 0 Å². The highest BCUT2D eigenvalue weighted by atomic mass is 35.5. The van der Waals surface area contributed by atoms with Crippen molar-refractivity contribution in [1.29, 1.82) is 0 Å². The number of carbonyl (C=O) groups is 2. The topological polar surface area (TPSA) is 57.6 Å². The standard InChI is InChI=1S/C12H14ClNO3S/c1-14(8-2-3-12(16)17)11(15)7-5-9-4-6-10(13)18-9/h4-7H,2-3,8H2,1H3,(H,16,17)/b7-5+. The van der Waals surface area contributed by atoms with E-state index in [0.717, 1.165) is 4.88 Å². The SMILES string of the molecule is CN(CCCC(=O)O)C(=O)/C=C/c1ccc(Cl)s1. The number of thiophene rings is 1. The molecule has 1 rings (SSSR count). The van der Waals surface area contributed by atoms with Gasteiger partial charge in [-0.15, -0.1) is 11.3 Å². The van der Waals surface area contributed by atoms with Gasteiger partial charge in [-0.05, 0) is 24.6 Å². The molecule has 0 radical (unpaired) electrons. The highest BCUT2D eigenvalue weighted by Gasteiger charge is 2.06. The summed E-state index contributed by atoms with van der Waals surface area (Å²) < 4.78 is 0.678. The second kappa shape index (κ2) is 7.18. The molecule has 1 N–H and O–H groups in total. The van der Waals surface area contributed by atoms with E-state index in [1.165, 1.54) is 22.3 Å². The van der Waals surface area contributed by atoms with Crippen LogP contribution in [0.1, 0.15) is 17.7 Å². The molecule has 0 aliphatic rings. The van der Waals surface area contributed by atoms with E-state index in [9.17, 15) is 9.59 Å². The molecule has 0 aliphatic carbocycles. The monoisotopic (exact) mass is 287 g/mol. The van der Waals surface area contributed by atoms with Gasteiger partial charge in [-0.1, -0.05) is 11.6 Å². The molecule has 0 atom stereocenters. The van der Waals surface area contributed by atoms with Gasteiger partial charge in [0.05, 0.1) is 4.34 Å². The molecule has 0 bridgehead atoms. The maximum absolute atomic E-state index is 11.7. The number of amides is 1. The van der Waals surface area contributed by atoms with Crippen LogP contribution in [0.15, 0.2) is 18.2 Å². The molecule has 0 saturated heterocycles. The summed E-state index contributed by atoms with van der Waals surface area (Å²) in [6, 6.07) is 3.61. The fourth-order valence-corrected chi connectivity index (χ4v) is 2.24. The summed E-state index contributed by atoms with van der Waals surface area (Å²) in [5.74, 6) is -0.996. The molecule has 1 amide bonds. The number of nitrogens with zero attached hydrogens (tertiary/aromatic N) is 1. The van der Waals surface area contributed by atoms with Crippen molar-refractivity contribution in [3.8, 4) is 0 Å². The number of carbonyl (C=O) groups excluding carboxylic acids is 1. The quantitative estimate of drug-likeness (QED) is 0.819. The molecule has 0 fully saturated rings. The minimum Gasteiger partial charge on any atom is -0.481 e. The summed E-state index contributed by atoms with van der Waals surface area (Å²) >= 11 is 7.16. The summed E-state index contributed by atoms with van der Waals surface area (Å²) in [6.45, 7) is 0.431. The number of carboxylic acid groups (broad SMARTS) is 1. The Hall–Kier alpha value is -1.33. The number of likely N-dealkylation sites (N-methyl/N-ethyl adjacent to an activating group) is 1. The van der Waals surface area contributed by atoms with Gasteiger partial charge in [0.2, 0.25) is 5.91 Å². The van der Waals surface area contributed by atoms with E-state index in [1.807, 2.05) is 6.07 Å². The van der Waals surface area contributed by atoms with E-state index in [2.05, 4.69) is 0 Å². The Morgan fingerprint density at radius 1 is 1.50 bits per heavy atom. The summed E-state index contributed by atoms with van der Waals surface area (Å²) in [4.78, 5) is 24.4. The lowest BCUT2D eigenvalue weighted by molar-refractivity contribution is -0.137. The third kappa shape index (κ3) is 5.33. The van der Waals surface area contributed by atoms with E-state index in [-0.39, 0.29) is 12.3 Å². The third-order valence-corrected chi connectivity index (χ3v) is 3.44. The van der Waals surface area contributed by atoms with E-state index in [4.69, 9.17) is 16.7 Å². The molecule has 0 saturated carbocycles. The Labute approximate surface area is 114 Å². The lowest BCUT2D eigenvalue weighted by Gasteiger charge is -2.13. The fraction of sp³-hybridized carbons (Fsp3) is 0.333. The van der Waals surface area contributed by atoms with Crippen LogP contribution in [0.4, 0.5) is 0 Å². The van der Waals surface area contributed by atoms with Gasteiger partial charge in [-0.3, -0.25) is 9.59 Å². The third-order valence-electron chi connectivity index (χ3n) is 2.24. The van der Waals surface area contributed by atoms with Crippen LogP contribution in [-0.2, 0) is 9.59 Å². The first-order valence-electron chi connectivity index (χ1n) is 5.39. The second-order valence-corrected chi connectivity index (χ2v) is 5.48. The highest BCUT2D eigenvalue weighted by Crippen LogP contribution is 2.22. The number of hydrogen-bond donors (Lipinski definition) is 1. The van der Waals surface area contributed by atoms with Crippen molar-refractivity contribution in [2.75, 3.05) is 13.6 Å². The zero-order chi connectivity index (χ0) is 13.5. The maximum atomic E-state index is 11.7. The number of carboxylic acids is 1. The van der Waals surface area contributed by atoms with Crippen LogP contribution in [0.5, 0.6) is 0 Å². The number of halogens is 1. The lowest BCUT2D eigenvalue weighted by atomic mass is 10.3. The minimum absolute atomic E-state index is 0.0713. The smallest absolute Gasteiger partial charge is 0.303 e. The van der Waals surface area contributed by atoms with E-state index in [1.54, 1.807) is 19.2 Å². The molecule has 1 heterocycles. The van der Waals surface area contributed by atoms with Crippen molar-refractivity contribution >= 4 is 40.9 Å². The van der Waals surface area contributed by atoms with Gasteiger partial charge >= 0.3 is 5.97 Å². The van der Waals surface area contributed by atoms with Crippen LogP contribution in [-0.4, -0.2) is 35.5 Å². The Morgan fingerprint density at radius 3 is 2.78 bits per heavy atom. The highest BCUT2D eigenvalue weighted by molar-refractivity contribution is 7.17. The summed E-state index contributed by atoms with van der Waals surface area (Å²) in [6.07, 6.45) is 3.69. The van der Waals surface area contributed by atoms with Gasteiger partial charge in [-0.2, -0.15) is 0 Å². The molecular formula is C12H14ClNO3S. The number of rotatable bonds is 6. The average molecular weight is 288 g/mol. The van der Waals surface area contributed by atoms with Crippen LogP contribution >= 0.6 is 22.9 Å². The normalized spacial score (nSPS) is 10.8. The predicted octanol–water partition coefficient (Wildman–Crippen LogP) is 2.74. The van der Waals surface area contributed by atoms with Crippen molar-refractivity contribution in [2.24, 2.45) is 0 Å². The minimum atomic E-state index is -0.848. The average Bonchev–Trinajstić information content (AvgIpc) is 2.71. The maximum Gasteiger partial charge on any atom is 0.303 e. The predicted molar refractivity (Wildman–Crippen MR) is 72.9 cm³/mol. The molecule has 1 aromatic heterocycles. The van der Waals surface area contributed by atoms with E-state index >= 15 is 0 Å². The Kier molecular flexibility index (Phi) is 5.88. The van der Waals surface area contributed by atoms with Crippen molar-refractivity contribution < 1.29 is 14.7 Å². The van der Waals surface area contributed by atoms with Crippen LogP contribution in [0.3, 0.4) is 0 Å². The van der Waals surface area contributed by atoms with Gasteiger partial charge in [0.1, 0.15) is 0 Å². The van der Waals surface area contributed by atoms with E-state index < -0.39 is 5.97 Å². The van der Waals surface area contributed by atoms with Crippen molar-refractivity contribution in [3.63, 3.8) is 0 Å². The summed E-state index contributed by atoms with van der Waals surface area (Å²) in [5.41, 5.74) is 0. The molecule has 98 valence electrons. The molecule has 0 unspecified atom stereocenters. The van der Waals surface area contributed by atoms with Crippen molar-refractivity contribution in [3.05, 3.63) is 27.4 Å². The molecule has 6 heteroatoms. The molecule has 0 aliphatic heterocycles. The largest absolute Gasteiger partial charge is 0.481 e. The molecule has 0 aromatic carbocycles. The molecule has 4 nitrogen and oxygen atoms in total. The van der Waals surface area contributed by atoms with Gasteiger partial charge < -0.3 is 10.0 Å². The van der Waals surface area contributed by atoms with Crippen LogP contribution < -0.4 is 0 Å². The zero-order valence-corrected chi connectivity index (χ0v) is 11.5. The first-order chi connectivity index (χ1) is 8.49. The van der Waals surface area contributed by atoms with Crippen LogP contribution in [0, 0.1) is 0 Å².